The van der Waals surface area contributed by atoms with Crippen LogP contribution in [0.2, 0.25) is 0 Å². The first-order valence-electron chi connectivity index (χ1n) is 10.8. The maximum atomic E-state index is 14.5. The van der Waals surface area contributed by atoms with Crippen LogP contribution >= 0.6 is 0 Å². The molecule has 0 aliphatic carbocycles. The van der Waals surface area contributed by atoms with Crippen molar-refractivity contribution in [2.45, 2.75) is 19.4 Å². The average Bonchev–Trinajstić information content (AvgIpc) is 3.25. The van der Waals surface area contributed by atoms with Gasteiger partial charge < -0.3 is 9.64 Å². The highest BCUT2D eigenvalue weighted by atomic mass is 19.1. The number of para-hydroxylation sites is 1. The molecular formula is C24H29FN4O2. The number of hydrogen-bond donors (Lipinski definition) is 0. The Morgan fingerprint density at radius 1 is 1.06 bits per heavy atom. The number of hydrazone groups is 1. The molecule has 2 aliphatic heterocycles. The van der Waals surface area contributed by atoms with Crippen LogP contribution in [0.25, 0.3) is 0 Å². The molecule has 4 rings (SSSR count). The van der Waals surface area contributed by atoms with Crippen molar-refractivity contribution in [3.63, 3.8) is 0 Å². The van der Waals surface area contributed by atoms with Crippen molar-refractivity contribution in [3.05, 3.63) is 65.5 Å². The van der Waals surface area contributed by atoms with Crippen molar-refractivity contribution in [1.29, 1.82) is 0 Å². The lowest BCUT2D eigenvalue weighted by Crippen LogP contribution is -2.49. The molecule has 164 valence electrons. The molecule has 1 saturated heterocycles. The lowest BCUT2D eigenvalue weighted by Gasteiger charge is -2.34. The van der Waals surface area contributed by atoms with Gasteiger partial charge in [0.15, 0.2) is 0 Å². The Morgan fingerprint density at radius 2 is 1.74 bits per heavy atom. The Balaban J connectivity index is 1.60. The van der Waals surface area contributed by atoms with Crippen LogP contribution in [0, 0.1) is 5.82 Å². The van der Waals surface area contributed by atoms with Gasteiger partial charge >= 0.3 is 0 Å². The van der Waals surface area contributed by atoms with E-state index in [2.05, 4.69) is 21.8 Å². The van der Waals surface area contributed by atoms with E-state index in [-0.39, 0.29) is 17.8 Å². The molecule has 0 radical (unpaired) electrons. The number of halogens is 1. The van der Waals surface area contributed by atoms with Gasteiger partial charge in [-0.25, -0.2) is 9.40 Å². The molecule has 7 heteroatoms. The Kier molecular flexibility index (Phi) is 6.63. The third kappa shape index (κ3) is 4.62. The highest BCUT2D eigenvalue weighted by Crippen LogP contribution is 2.37. The fourth-order valence-electron chi connectivity index (χ4n) is 4.31. The molecule has 6 nitrogen and oxygen atoms in total. The minimum absolute atomic E-state index is 0.0767. The predicted molar refractivity (Wildman–Crippen MR) is 119 cm³/mol. The number of methoxy groups -OCH3 is 1. The van der Waals surface area contributed by atoms with E-state index in [0.717, 1.165) is 38.3 Å². The molecule has 0 bridgehead atoms. The fraction of sp³-hybridized carbons (Fsp3) is 0.417. The Labute approximate surface area is 182 Å². The van der Waals surface area contributed by atoms with Gasteiger partial charge in [-0.05, 0) is 18.7 Å². The molecule has 2 aromatic carbocycles. The van der Waals surface area contributed by atoms with Crippen molar-refractivity contribution in [2.24, 2.45) is 5.10 Å². The molecule has 2 aromatic rings. The minimum Gasteiger partial charge on any atom is -0.496 e. The average molecular weight is 425 g/mol. The molecule has 0 saturated carbocycles. The van der Waals surface area contributed by atoms with Gasteiger partial charge in [-0.3, -0.25) is 9.69 Å². The van der Waals surface area contributed by atoms with E-state index in [1.54, 1.807) is 25.3 Å². The van der Waals surface area contributed by atoms with Gasteiger partial charge in [0.1, 0.15) is 11.6 Å². The molecule has 2 aliphatic rings. The minimum atomic E-state index is -0.329. The van der Waals surface area contributed by atoms with E-state index in [0.29, 0.717) is 30.0 Å². The lowest BCUT2D eigenvalue weighted by molar-refractivity contribution is -0.134. The number of ether oxygens (including phenoxy) is 1. The quantitative estimate of drug-likeness (QED) is 0.715. The maximum Gasteiger partial charge on any atom is 0.257 e. The molecule has 0 N–H and O–H groups in total. The largest absolute Gasteiger partial charge is 0.496 e. The second-order valence-electron chi connectivity index (χ2n) is 7.94. The van der Waals surface area contributed by atoms with Gasteiger partial charge in [-0.15, -0.1) is 0 Å². The number of amides is 1. The van der Waals surface area contributed by atoms with Crippen LogP contribution in [0.1, 0.15) is 30.5 Å². The van der Waals surface area contributed by atoms with Crippen LogP contribution in [0.5, 0.6) is 5.75 Å². The summed E-state index contributed by atoms with van der Waals surface area (Å²) in [6.45, 7) is 7.12. The predicted octanol–water partition coefficient (Wildman–Crippen LogP) is 3.15. The standard InChI is InChI=1S/C24H29FN4O2/c1-3-27-12-14-28(15-13-27)17-24(30)29-22(19-9-5-7-11-23(19)31-2)16-21(26-29)18-8-4-6-10-20(18)25/h4-11,22H,3,12-17H2,1-2H3/t22-/m1/s1. The van der Waals surface area contributed by atoms with E-state index >= 15 is 0 Å². The second kappa shape index (κ2) is 9.58. The number of likely N-dealkylation sites (N-methyl/N-ethyl adjacent to an activating group) is 1. The summed E-state index contributed by atoms with van der Waals surface area (Å²) < 4.78 is 20.0. The van der Waals surface area contributed by atoms with Crippen molar-refractivity contribution in [1.82, 2.24) is 14.8 Å². The van der Waals surface area contributed by atoms with Gasteiger partial charge in [0, 0.05) is 43.7 Å². The van der Waals surface area contributed by atoms with E-state index in [1.807, 2.05) is 24.3 Å². The zero-order chi connectivity index (χ0) is 21.8. The van der Waals surface area contributed by atoms with Crippen LogP contribution in [0.4, 0.5) is 4.39 Å². The highest BCUT2D eigenvalue weighted by molar-refractivity contribution is 6.03. The Bertz CT molecular complexity index is 956. The smallest absolute Gasteiger partial charge is 0.257 e. The van der Waals surface area contributed by atoms with Crippen LogP contribution in [-0.4, -0.2) is 72.8 Å². The van der Waals surface area contributed by atoms with Crippen LogP contribution in [-0.2, 0) is 4.79 Å². The summed E-state index contributed by atoms with van der Waals surface area (Å²) in [7, 11) is 1.62. The first-order chi connectivity index (χ1) is 15.1. The van der Waals surface area contributed by atoms with E-state index in [1.165, 1.54) is 11.1 Å². The van der Waals surface area contributed by atoms with E-state index in [4.69, 9.17) is 4.74 Å². The second-order valence-corrected chi connectivity index (χ2v) is 7.94. The van der Waals surface area contributed by atoms with Gasteiger partial charge in [0.05, 0.1) is 25.4 Å². The third-order valence-electron chi connectivity index (χ3n) is 6.12. The SMILES string of the molecule is CCN1CCN(CC(=O)N2N=C(c3ccccc3F)C[C@@H]2c2ccccc2OC)CC1. The van der Waals surface area contributed by atoms with Gasteiger partial charge in [-0.1, -0.05) is 43.3 Å². The highest BCUT2D eigenvalue weighted by Gasteiger charge is 2.36. The van der Waals surface area contributed by atoms with Crippen LogP contribution in [0.15, 0.2) is 53.6 Å². The number of benzene rings is 2. The summed E-state index contributed by atoms with van der Waals surface area (Å²) in [5.41, 5.74) is 1.90. The van der Waals surface area contributed by atoms with Crippen molar-refractivity contribution in [3.8, 4) is 5.75 Å². The number of rotatable bonds is 6. The number of carbonyl (C=O) groups excluding carboxylic acids is 1. The summed E-state index contributed by atoms with van der Waals surface area (Å²) in [6, 6.07) is 13.9. The number of carbonyl (C=O) groups is 1. The third-order valence-corrected chi connectivity index (χ3v) is 6.12. The molecule has 0 unspecified atom stereocenters. The fourth-order valence-corrected chi connectivity index (χ4v) is 4.31. The lowest BCUT2D eigenvalue weighted by atomic mass is 9.97. The van der Waals surface area contributed by atoms with Crippen molar-refractivity contribution in [2.75, 3.05) is 46.4 Å². The summed E-state index contributed by atoms with van der Waals surface area (Å²) in [5.74, 6) is 0.295. The first kappa shape index (κ1) is 21.5. The van der Waals surface area contributed by atoms with Crippen LogP contribution < -0.4 is 4.74 Å². The zero-order valence-corrected chi connectivity index (χ0v) is 18.1. The topological polar surface area (TPSA) is 48.4 Å². The Morgan fingerprint density at radius 3 is 2.45 bits per heavy atom. The van der Waals surface area contributed by atoms with E-state index < -0.39 is 0 Å². The molecule has 1 amide bonds. The van der Waals surface area contributed by atoms with Gasteiger partial charge in [0.2, 0.25) is 0 Å². The normalized spacial score (nSPS) is 20.0. The molecule has 0 aromatic heterocycles. The molecule has 0 spiro atoms. The molecule has 1 fully saturated rings. The van der Waals surface area contributed by atoms with Crippen LogP contribution in [0.3, 0.4) is 0 Å². The van der Waals surface area contributed by atoms with Crippen molar-refractivity contribution < 1.29 is 13.9 Å². The molecule has 31 heavy (non-hydrogen) atoms. The van der Waals surface area contributed by atoms with Gasteiger partial charge in [0.25, 0.3) is 5.91 Å². The summed E-state index contributed by atoms with van der Waals surface area (Å²) in [6.07, 6.45) is 0.441. The molecular weight excluding hydrogens is 395 g/mol. The molecule has 1 atom stereocenters. The molecule has 2 heterocycles. The number of hydrogen-bond acceptors (Lipinski definition) is 5. The summed E-state index contributed by atoms with van der Waals surface area (Å²) in [4.78, 5) is 17.9. The van der Waals surface area contributed by atoms with Crippen molar-refractivity contribution >= 4 is 11.6 Å². The van der Waals surface area contributed by atoms with E-state index in [9.17, 15) is 9.18 Å². The monoisotopic (exact) mass is 424 g/mol. The maximum absolute atomic E-state index is 14.5. The number of piperazine rings is 1. The first-order valence-corrected chi connectivity index (χ1v) is 10.8. The summed E-state index contributed by atoms with van der Waals surface area (Å²) in [5, 5.41) is 6.15. The zero-order valence-electron chi connectivity index (χ0n) is 18.1. The van der Waals surface area contributed by atoms with Gasteiger partial charge in [-0.2, -0.15) is 5.10 Å². The summed E-state index contributed by atoms with van der Waals surface area (Å²) >= 11 is 0. The Hall–Kier alpha value is -2.77. The number of nitrogens with zero attached hydrogens (tertiary/aromatic N) is 4.